The Morgan fingerprint density at radius 3 is 2.50 bits per heavy atom. The predicted octanol–water partition coefficient (Wildman–Crippen LogP) is 4.32. The highest BCUT2D eigenvalue weighted by Crippen LogP contribution is 2.47. The molecule has 0 fully saturated rings. The first-order valence-electron chi connectivity index (χ1n) is 8.79. The minimum Gasteiger partial charge on any atom is -0.460 e. The first-order valence-corrected chi connectivity index (χ1v) is 8.79. The smallest absolute Gasteiger partial charge is 0.344 e. The summed E-state index contributed by atoms with van der Waals surface area (Å²) in [7, 11) is 0. The second kappa shape index (κ2) is 5.70. The zero-order valence-corrected chi connectivity index (χ0v) is 14.0. The Kier molecular flexibility index (Phi) is 3.32. The molecule has 0 bridgehead atoms. The number of rotatable bonds is 1. The summed E-state index contributed by atoms with van der Waals surface area (Å²) in [5.41, 5.74) is 1.98. The van der Waals surface area contributed by atoms with Gasteiger partial charge in [-0.25, -0.2) is 4.79 Å². The van der Waals surface area contributed by atoms with Crippen LogP contribution in [-0.2, 0) is 4.79 Å². The van der Waals surface area contributed by atoms with Gasteiger partial charge in [0.25, 0.3) is 0 Å². The molecule has 0 saturated heterocycles. The van der Waals surface area contributed by atoms with Crippen LogP contribution in [0.2, 0.25) is 0 Å². The number of benzene rings is 2. The van der Waals surface area contributed by atoms with Crippen molar-refractivity contribution in [1.29, 1.82) is 0 Å². The van der Waals surface area contributed by atoms with E-state index in [-0.39, 0.29) is 5.78 Å². The van der Waals surface area contributed by atoms with E-state index in [1.807, 2.05) is 48.5 Å². The fraction of sp³-hybridized carbons (Fsp3) is 0.182. The fourth-order valence-corrected chi connectivity index (χ4v) is 4.00. The van der Waals surface area contributed by atoms with Crippen molar-refractivity contribution in [3.63, 3.8) is 0 Å². The largest absolute Gasteiger partial charge is 0.460 e. The van der Waals surface area contributed by atoms with Gasteiger partial charge in [-0.2, -0.15) is 0 Å². The molecule has 4 nitrogen and oxygen atoms in total. The molecular weight excluding hydrogens is 328 g/mol. The van der Waals surface area contributed by atoms with Crippen LogP contribution in [0.4, 0.5) is 0 Å². The molecule has 0 N–H and O–H groups in total. The molecule has 0 radical (unpaired) electrons. The van der Waals surface area contributed by atoms with Crippen molar-refractivity contribution >= 4 is 16.8 Å². The number of Topliss-reactive ketones (excluding diaryl/α,β-unsaturated/α-hetero) is 1. The zero-order chi connectivity index (χ0) is 17.7. The minimum atomic E-state index is -0.447. The van der Waals surface area contributed by atoms with Gasteiger partial charge in [0.05, 0.1) is 16.9 Å². The van der Waals surface area contributed by atoms with E-state index in [0.717, 1.165) is 17.4 Å². The third-order valence-electron chi connectivity index (χ3n) is 5.14. The highest BCUT2D eigenvalue weighted by Gasteiger charge is 2.39. The highest BCUT2D eigenvalue weighted by molar-refractivity contribution is 6.00. The van der Waals surface area contributed by atoms with Crippen molar-refractivity contribution in [2.75, 3.05) is 0 Å². The summed E-state index contributed by atoms with van der Waals surface area (Å²) < 4.78 is 11.7. The average molecular weight is 344 g/mol. The Balaban J connectivity index is 1.87. The number of ketones is 1. The lowest BCUT2D eigenvalue weighted by molar-refractivity contribution is -0.116. The lowest BCUT2D eigenvalue weighted by Crippen LogP contribution is -2.29. The van der Waals surface area contributed by atoms with Gasteiger partial charge >= 0.3 is 5.63 Å². The van der Waals surface area contributed by atoms with Crippen LogP contribution in [0.25, 0.3) is 11.0 Å². The molecule has 2 aromatic carbocycles. The first kappa shape index (κ1) is 15.1. The lowest BCUT2D eigenvalue weighted by Gasteiger charge is -2.32. The number of para-hydroxylation sites is 1. The van der Waals surface area contributed by atoms with Gasteiger partial charge in [0, 0.05) is 18.4 Å². The standard InChI is InChI=1S/C22H16O4/c23-15-10-6-12-17-19(15)18(13-7-2-1-3-8-13)20-21(25-17)14-9-4-5-11-16(14)26-22(20)24/h1-5,7-9,11,18H,6,10,12H2. The van der Waals surface area contributed by atoms with Gasteiger partial charge in [-0.3, -0.25) is 4.79 Å². The molecule has 1 aromatic heterocycles. The SMILES string of the molecule is O=C1CCCC2=C1C(c1ccccc1)c1c(c3ccccc3oc1=O)O2. The summed E-state index contributed by atoms with van der Waals surface area (Å²) in [5.74, 6) is 0.833. The van der Waals surface area contributed by atoms with Crippen molar-refractivity contribution in [3.8, 4) is 5.75 Å². The third kappa shape index (κ3) is 2.15. The molecule has 4 heteroatoms. The molecular formula is C22H16O4. The van der Waals surface area contributed by atoms with Crippen molar-refractivity contribution in [3.05, 3.63) is 87.5 Å². The van der Waals surface area contributed by atoms with Crippen LogP contribution >= 0.6 is 0 Å². The topological polar surface area (TPSA) is 56.5 Å². The molecule has 0 saturated carbocycles. The maximum Gasteiger partial charge on any atom is 0.344 e. The predicted molar refractivity (Wildman–Crippen MR) is 97.3 cm³/mol. The molecule has 3 aromatic rings. The molecule has 128 valence electrons. The maximum atomic E-state index is 12.9. The van der Waals surface area contributed by atoms with Crippen LogP contribution in [0.15, 0.2) is 75.1 Å². The van der Waals surface area contributed by atoms with Crippen LogP contribution < -0.4 is 10.4 Å². The number of carbonyl (C=O) groups excluding carboxylic acids is 1. The van der Waals surface area contributed by atoms with Gasteiger partial charge in [-0.05, 0) is 24.1 Å². The number of hydrogen-bond donors (Lipinski definition) is 0. The van der Waals surface area contributed by atoms with E-state index in [2.05, 4.69) is 0 Å². The third-order valence-corrected chi connectivity index (χ3v) is 5.14. The molecule has 2 heterocycles. The Morgan fingerprint density at radius 1 is 0.885 bits per heavy atom. The van der Waals surface area contributed by atoms with Crippen LogP contribution in [0, 0.1) is 0 Å². The van der Waals surface area contributed by atoms with Crippen LogP contribution in [0.5, 0.6) is 5.75 Å². The molecule has 26 heavy (non-hydrogen) atoms. The van der Waals surface area contributed by atoms with Crippen molar-refractivity contribution in [1.82, 2.24) is 0 Å². The van der Waals surface area contributed by atoms with Crippen LogP contribution in [0.3, 0.4) is 0 Å². The molecule has 2 aliphatic rings. The van der Waals surface area contributed by atoms with E-state index < -0.39 is 11.5 Å². The Bertz CT molecular complexity index is 1120. The van der Waals surface area contributed by atoms with E-state index >= 15 is 0 Å². The van der Waals surface area contributed by atoms with E-state index in [9.17, 15) is 9.59 Å². The van der Waals surface area contributed by atoms with E-state index in [0.29, 0.717) is 41.1 Å². The number of carbonyl (C=O) groups is 1. The summed E-state index contributed by atoms with van der Waals surface area (Å²) in [6.45, 7) is 0. The summed E-state index contributed by atoms with van der Waals surface area (Å²) >= 11 is 0. The van der Waals surface area contributed by atoms with Crippen molar-refractivity contribution in [2.24, 2.45) is 0 Å². The zero-order valence-electron chi connectivity index (χ0n) is 14.0. The average Bonchev–Trinajstić information content (AvgIpc) is 2.67. The molecule has 1 unspecified atom stereocenters. The van der Waals surface area contributed by atoms with E-state index in [1.165, 1.54) is 0 Å². The molecule has 1 aliphatic heterocycles. The van der Waals surface area contributed by atoms with Crippen LogP contribution in [-0.4, -0.2) is 5.78 Å². The summed E-state index contributed by atoms with van der Waals surface area (Å²) in [6.07, 6.45) is 1.96. The van der Waals surface area contributed by atoms with Crippen molar-refractivity contribution < 1.29 is 13.9 Å². The quantitative estimate of drug-likeness (QED) is 0.617. The second-order valence-corrected chi connectivity index (χ2v) is 6.69. The van der Waals surface area contributed by atoms with Gasteiger partial charge in [-0.15, -0.1) is 0 Å². The van der Waals surface area contributed by atoms with Crippen molar-refractivity contribution in [2.45, 2.75) is 25.2 Å². The van der Waals surface area contributed by atoms with Gasteiger partial charge in [0.1, 0.15) is 17.1 Å². The van der Waals surface area contributed by atoms with Gasteiger partial charge in [0.15, 0.2) is 5.78 Å². The van der Waals surface area contributed by atoms with E-state index in [1.54, 1.807) is 6.07 Å². The monoisotopic (exact) mass is 344 g/mol. The second-order valence-electron chi connectivity index (χ2n) is 6.69. The van der Waals surface area contributed by atoms with Crippen LogP contribution in [0.1, 0.15) is 36.3 Å². The summed E-state index contributed by atoms with van der Waals surface area (Å²) in [5, 5.41) is 0.757. The fourth-order valence-electron chi connectivity index (χ4n) is 4.00. The number of fused-ring (bicyclic) bond motifs is 3. The molecule has 1 aliphatic carbocycles. The molecule has 5 rings (SSSR count). The van der Waals surface area contributed by atoms with Gasteiger partial charge in [-0.1, -0.05) is 42.5 Å². The number of allylic oxidation sites excluding steroid dienone is 2. The van der Waals surface area contributed by atoms with E-state index in [4.69, 9.17) is 9.15 Å². The van der Waals surface area contributed by atoms with Gasteiger partial charge in [0.2, 0.25) is 0 Å². The normalized spacial score (nSPS) is 19.1. The lowest BCUT2D eigenvalue weighted by atomic mass is 9.77. The number of hydrogen-bond acceptors (Lipinski definition) is 4. The maximum absolute atomic E-state index is 12.9. The number of ether oxygens (including phenoxy) is 1. The Labute approximate surface area is 149 Å². The highest BCUT2D eigenvalue weighted by atomic mass is 16.5. The minimum absolute atomic E-state index is 0.0540. The van der Waals surface area contributed by atoms with Gasteiger partial charge < -0.3 is 9.15 Å². The first-order chi connectivity index (χ1) is 12.7. The summed E-state index contributed by atoms with van der Waals surface area (Å²) in [6, 6.07) is 17.0. The Hall–Kier alpha value is -3.14. The molecule has 1 atom stereocenters. The Morgan fingerprint density at radius 2 is 1.65 bits per heavy atom. The summed E-state index contributed by atoms with van der Waals surface area (Å²) in [4.78, 5) is 25.6. The molecule has 0 amide bonds. The molecule has 0 spiro atoms.